The average Bonchev–Trinajstić information content (AvgIpc) is 2.33. The molecule has 0 aromatic heterocycles. The van der Waals surface area contributed by atoms with Crippen molar-refractivity contribution >= 4 is 12.4 Å². The van der Waals surface area contributed by atoms with Crippen molar-refractivity contribution in [2.75, 3.05) is 7.11 Å². The van der Waals surface area contributed by atoms with Crippen molar-refractivity contribution in [3.05, 3.63) is 23.8 Å². The second kappa shape index (κ2) is 7.77. The van der Waals surface area contributed by atoms with Crippen LogP contribution in [0, 0.1) is 0 Å². The number of nitrogens with two attached hydrogens (primary N) is 1. The molecule has 0 saturated heterocycles. The molecule has 3 nitrogen and oxygen atoms in total. The van der Waals surface area contributed by atoms with Crippen LogP contribution in [-0.2, 0) is 0 Å². The first-order chi connectivity index (χ1) is 9.52. The van der Waals surface area contributed by atoms with E-state index in [1.165, 1.54) is 7.11 Å². The number of hydrogen-bond acceptors (Lipinski definition) is 3. The fourth-order valence-electron chi connectivity index (χ4n) is 1.67. The summed E-state index contributed by atoms with van der Waals surface area (Å²) in [5, 5.41) is 0. The highest BCUT2D eigenvalue weighted by molar-refractivity contribution is 5.85. The Morgan fingerprint density at radius 1 is 1.14 bits per heavy atom. The molecular formula is C12H14ClF6NO2. The Morgan fingerprint density at radius 2 is 1.73 bits per heavy atom. The number of benzene rings is 1. The molecule has 22 heavy (non-hydrogen) atoms. The van der Waals surface area contributed by atoms with Crippen LogP contribution in [-0.4, -0.2) is 19.6 Å². The van der Waals surface area contributed by atoms with Crippen LogP contribution in [0.4, 0.5) is 26.3 Å². The molecule has 1 aromatic rings. The highest BCUT2D eigenvalue weighted by atomic mass is 35.5. The molecule has 0 aliphatic rings. The van der Waals surface area contributed by atoms with Gasteiger partial charge in [0, 0.05) is 18.0 Å². The Balaban J connectivity index is 0.00000441. The molecule has 1 rings (SSSR count). The van der Waals surface area contributed by atoms with Gasteiger partial charge in [-0.15, -0.1) is 25.6 Å². The zero-order valence-electron chi connectivity index (χ0n) is 11.3. The van der Waals surface area contributed by atoms with Crippen molar-refractivity contribution in [2.45, 2.75) is 31.4 Å². The number of hydrogen-bond donors (Lipinski definition) is 1. The minimum absolute atomic E-state index is 0. The van der Waals surface area contributed by atoms with E-state index in [0.717, 1.165) is 18.2 Å². The highest BCUT2D eigenvalue weighted by Crippen LogP contribution is 2.34. The fraction of sp³-hybridized carbons (Fsp3) is 0.500. The van der Waals surface area contributed by atoms with Gasteiger partial charge >= 0.3 is 12.5 Å². The van der Waals surface area contributed by atoms with E-state index >= 15 is 0 Å². The summed E-state index contributed by atoms with van der Waals surface area (Å²) in [6.45, 7) is 0. The maximum Gasteiger partial charge on any atom is 0.573 e. The van der Waals surface area contributed by atoms with Crippen molar-refractivity contribution in [1.82, 2.24) is 0 Å². The Morgan fingerprint density at radius 3 is 2.18 bits per heavy atom. The zero-order chi connectivity index (χ0) is 16.3. The molecule has 10 heteroatoms. The molecule has 0 spiro atoms. The molecule has 0 bridgehead atoms. The first kappa shape index (κ1) is 20.6. The van der Waals surface area contributed by atoms with Gasteiger partial charge in [-0.25, -0.2) is 0 Å². The van der Waals surface area contributed by atoms with E-state index in [2.05, 4.69) is 4.74 Å². The lowest BCUT2D eigenvalue weighted by Crippen LogP contribution is -2.19. The summed E-state index contributed by atoms with van der Waals surface area (Å²) >= 11 is 0. The molecule has 2 N–H and O–H groups in total. The summed E-state index contributed by atoms with van der Waals surface area (Å²) in [5.74, 6) is -0.472. The minimum atomic E-state index is -4.90. The molecule has 0 unspecified atom stereocenters. The Kier molecular flexibility index (Phi) is 7.30. The SMILES string of the molecule is COc1ccc(OC(F)(F)F)cc1[C@@H](N)CCC(F)(F)F.Cl. The molecule has 1 aromatic carbocycles. The quantitative estimate of drug-likeness (QED) is 0.800. The van der Waals surface area contributed by atoms with Crippen LogP contribution in [0.1, 0.15) is 24.4 Å². The molecule has 0 fully saturated rings. The number of ether oxygens (including phenoxy) is 2. The maximum absolute atomic E-state index is 12.2. The molecule has 128 valence electrons. The van der Waals surface area contributed by atoms with Gasteiger partial charge in [-0.1, -0.05) is 0 Å². The fourth-order valence-corrected chi connectivity index (χ4v) is 1.67. The number of halogens is 7. The van der Waals surface area contributed by atoms with Crippen LogP contribution in [0.25, 0.3) is 0 Å². The van der Waals surface area contributed by atoms with E-state index in [4.69, 9.17) is 10.5 Å². The van der Waals surface area contributed by atoms with Crippen molar-refractivity contribution < 1.29 is 35.8 Å². The lowest BCUT2D eigenvalue weighted by Gasteiger charge is -2.18. The van der Waals surface area contributed by atoms with Crippen molar-refractivity contribution in [3.63, 3.8) is 0 Å². The van der Waals surface area contributed by atoms with Crippen molar-refractivity contribution in [1.29, 1.82) is 0 Å². The number of alkyl halides is 6. The Hall–Kier alpha value is -1.35. The molecule has 0 radical (unpaired) electrons. The summed E-state index contributed by atoms with van der Waals surface area (Å²) in [6, 6.07) is 1.95. The standard InChI is InChI=1S/C12H13F6NO2.ClH/c1-20-10-3-2-7(21-12(16,17)18)6-8(10)9(19)4-5-11(13,14)15;/h2-3,6,9H,4-5,19H2,1H3;1H/t9-;/m0./s1. The molecule has 1 atom stereocenters. The van der Waals surface area contributed by atoms with Crippen LogP contribution in [0.2, 0.25) is 0 Å². The van der Waals surface area contributed by atoms with Crippen LogP contribution in [0.3, 0.4) is 0 Å². The molecule has 0 amide bonds. The molecule has 0 saturated carbocycles. The second-order valence-corrected chi connectivity index (χ2v) is 4.21. The van der Waals surface area contributed by atoms with Crippen molar-refractivity contribution in [2.24, 2.45) is 5.73 Å². The van der Waals surface area contributed by atoms with Gasteiger partial charge in [-0.2, -0.15) is 13.2 Å². The predicted octanol–water partition coefficient (Wildman–Crippen LogP) is 4.36. The number of methoxy groups -OCH3 is 1. The van der Waals surface area contributed by atoms with Crippen LogP contribution < -0.4 is 15.2 Å². The number of rotatable bonds is 5. The monoisotopic (exact) mass is 353 g/mol. The van der Waals surface area contributed by atoms with Gasteiger partial charge in [0.05, 0.1) is 7.11 Å². The first-order valence-corrected chi connectivity index (χ1v) is 5.78. The summed E-state index contributed by atoms with van der Waals surface area (Å²) < 4.78 is 81.4. The Labute approximate surface area is 128 Å². The lowest BCUT2D eigenvalue weighted by atomic mass is 10.0. The summed E-state index contributed by atoms with van der Waals surface area (Å²) in [5.41, 5.74) is 5.61. The zero-order valence-corrected chi connectivity index (χ0v) is 12.1. The summed E-state index contributed by atoms with van der Waals surface area (Å²) in [6.07, 6.45) is -10.9. The largest absolute Gasteiger partial charge is 0.573 e. The van der Waals surface area contributed by atoms with E-state index in [-0.39, 0.29) is 23.7 Å². The van der Waals surface area contributed by atoms with Crippen LogP contribution in [0.15, 0.2) is 18.2 Å². The molecule has 0 aliphatic carbocycles. The van der Waals surface area contributed by atoms with E-state index in [0.29, 0.717) is 0 Å². The lowest BCUT2D eigenvalue weighted by molar-refractivity contribution is -0.274. The highest BCUT2D eigenvalue weighted by Gasteiger charge is 2.32. The smallest absolute Gasteiger partial charge is 0.496 e. The first-order valence-electron chi connectivity index (χ1n) is 5.78. The summed E-state index contributed by atoms with van der Waals surface area (Å²) in [4.78, 5) is 0. The molecular weight excluding hydrogens is 340 g/mol. The van der Waals surface area contributed by atoms with Gasteiger partial charge in [-0.05, 0) is 24.6 Å². The molecule has 0 heterocycles. The van der Waals surface area contributed by atoms with E-state index in [1.807, 2.05) is 0 Å². The van der Waals surface area contributed by atoms with E-state index in [9.17, 15) is 26.3 Å². The van der Waals surface area contributed by atoms with Crippen LogP contribution in [0.5, 0.6) is 11.5 Å². The third kappa shape index (κ3) is 7.08. The summed E-state index contributed by atoms with van der Waals surface area (Å²) in [7, 11) is 1.24. The third-order valence-corrected chi connectivity index (χ3v) is 2.57. The van der Waals surface area contributed by atoms with Gasteiger partial charge < -0.3 is 15.2 Å². The maximum atomic E-state index is 12.2. The normalized spacial score (nSPS) is 13.3. The predicted molar refractivity (Wildman–Crippen MR) is 69.1 cm³/mol. The third-order valence-electron chi connectivity index (χ3n) is 2.57. The minimum Gasteiger partial charge on any atom is -0.496 e. The molecule has 0 aliphatic heterocycles. The van der Waals surface area contributed by atoms with Gasteiger partial charge in [-0.3, -0.25) is 0 Å². The average molecular weight is 354 g/mol. The van der Waals surface area contributed by atoms with Crippen molar-refractivity contribution in [3.8, 4) is 11.5 Å². The second-order valence-electron chi connectivity index (χ2n) is 4.21. The van der Waals surface area contributed by atoms with Gasteiger partial charge in [0.25, 0.3) is 0 Å². The van der Waals surface area contributed by atoms with Crippen LogP contribution >= 0.6 is 12.4 Å². The topological polar surface area (TPSA) is 44.5 Å². The van der Waals surface area contributed by atoms with Gasteiger partial charge in [0.1, 0.15) is 11.5 Å². The Bertz CT molecular complexity index is 478. The van der Waals surface area contributed by atoms with Gasteiger partial charge in [0.15, 0.2) is 0 Å². The van der Waals surface area contributed by atoms with E-state index < -0.39 is 37.2 Å². The van der Waals surface area contributed by atoms with E-state index in [1.54, 1.807) is 0 Å². The van der Waals surface area contributed by atoms with Gasteiger partial charge in [0.2, 0.25) is 0 Å².